The number of hydrogen-bond acceptors (Lipinski definition) is 3. The van der Waals surface area contributed by atoms with E-state index >= 15 is 0 Å². The van der Waals surface area contributed by atoms with E-state index in [1.54, 1.807) is 0 Å². The van der Waals surface area contributed by atoms with Crippen LogP contribution < -0.4 is 10.6 Å². The van der Waals surface area contributed by atoms with Crippen molar-refractivity contribution in [2.75, 3.05) is 11.9 Å². The third-order valence-electron chi connectivity index (χ3n) is 3.89. The Morgan fingerprint density at radius 3 is 2.85 bits per heavy atom. The van der Waals surface area contributed by atoms with E-state index in [1.807, 2.05) is 24.3 Å². The molecule has 2 aliphatic rings. The van der Waals surface area contributed by atoms with Crippen molar-refractivity contribution in [1.29, 1.82) is 0 Å². The third kappa shape index (κ3) is 3.51. The van der Waals surface area contributed by atoms with Crippen LogP contribution in [0.15, 0.2) is 24.3 Å². The van der Waals surface area contributed by atoms with E-state index in [0.29, 0.717) is 18.2 Å². The second-order valence-electron chi connectivity index (χ2n) is 5.88. The maximum atomic E-state index is 12.0. The molecule has 2 atom stereocenters. The van der Waals surface area contributed by atoms with E-state index in [2.05, 4.69) is 17.6 Å². The van der Waals surface area contributed by atoms with Crippen molar-refractivity contribution < 1.29 is 9.53 Å². The predicted molar refractivity (Wildman–Crippen MR) is 79.0 cm³/mol. The highest BCUT2D eigenvalue weighted by Crippen LogP contribution is 2.21. The number of carbonyl (C=O) groups is 1. The van der Waals surface area contributed by atoms with Crippen LogP contribution in [0.5, 0.6) is 0 Å². The average molecular weight is 274 g/mol. The number of hydrogen-bond donors (Lipinski definition) is 2. The van der Waals surface area contributed by atoms with Crippen molar-refractivity contribution in [3.05, 3.63) is 29.8 Å². The van der Waals surface area contributed by atoms with Gasteiger partial charge >= 0.3 is 0 Å². The molecule has 2 fully saturated rings. The van der Waals surface area contributed by atoms with Crippen LogP contribution in [0.2, 0.25) is 0 Å². The lowest BCUT2D eigenvalue weighted by atomic mass is 10.0. The number of rotatable bonds is 4. The average Bonchev–Trinajstić information content (AvgIpc) is 3.23. The summed E-state index contributed by atoms with van der Waals surface area (Å²) in [5, 5.41) is 6.54. The number of anilines is 1. The summed E-state index contributed by atoms with van der Waals surface area (Å²) in [5.74, 6) is 0.0384. The summed E-state index contributed by atoms with van der Waals surface area (Å²) in [6, 6.07) is 8.60. The molecule has 0 bridgehead atoms. The standard InChI is InChI=1S/C16H22N2O2/c1-11-9-15(7-8-20-11)17-14-4-2-3-12(10-14)16(19)18-13-5-6-13/h2-4,10-11,13,15,17H,5-9H2,1H3,(H,18,19). The minimum Gasteiger partial charge on any atom is -0.382 e. The molecule has 1 aliphatic carbocycles. The highest BCUT2D eigenvalue weighted by Gasteiger charge is 2.24. The molecular weight excluding hydrogens is 252 g/mol. The molecule has 108 valence electrons. The van der Waals surface area contributed by atoms with E-state index in [-0.39, 0.29) is 5.91 Å². The second-order valence-corrected chi connectivity index (χ2v) is 5.88. The number of ether oxygens (including phenoxy) is 1. The molecule has 0 spiro atoms. The topological polar surface area (TPSA) is 50.4 Å². The van der Waals surface area contributed by atoms with Gasteiger partial charge in [-0.05, 0) is 50.8 Å². The SMILES string of the molecule is CC1CC(Nc2cccc(C(=O)NC3CC3)c2)CCO1. The predicted octanol–water partition coefficient (Wildman–Crippen LogP) is 2.56. The van der Waals surface area contributed by atoms with Gasteiger partial charge in [0.1, 0.15) is 0 Å². The minimum atomic E-state index is 0.0384. The fourth-order valence-corrected chi connectivity index (χ4v) is 2.61. The van der Waals surface area contributed by atoms with Crippen LogP contribution >= 0.6 is 0 Å². The Hall–Kier alpha value is -1.55. The van der Waals surface area contributed by atoms with Gasteiger partial charge in [-0.1, -0.05) is 6.07 Å². The summed E-state index contributed by atoms with van der Waals surface area (Å²) < 4.78 is 5.55. The Morgan fingerprint density at radius 2 is 2.10 bits per heavy atom. The Balaban J connectivity index is 1.62. The normalized spacial score (nSPS) is 26.1. The summed E-state index contributed by atoms with van der Waals surface area (Å²) in [4.78, 5) is 12.0. The van der Waals surface area contributed by atoms with Crippen LogP contribution in [-0.2, 0) is 4.74 Å². The molecule has 1 aromatic carbocycles. The van der Waals surface area contributed by atoms with Gasteiger partial charge in [0.15, 0.2) is 0 Å². The van der Waals surface area contributed by atoms with E-state index < -0.39 is 0 Å². The number of carbonyl (C=O) groups excluding carboxylic acids is 1. The summed E-state index contributed by atoms with van der Waals surface area (Å²) in [6.07, 6.45) is 4.57. The van der Waals surface area contributed by atoms with Gasteiger partial charge in [-0.3, -0.25) is 4.79 Å². The van der Waals surface area contributed by atoms with Crippen molar-refractivity contribution in [2.45, 2.75) is 50.8 Å². The van der Waals surface area contributed by atoms with E-state index in [9.17, 15) is 4.79 Å². The zero-order valence-corrected chi connectivity index (χ0v) is 11.9. The van der Waals surface area contributed by atoms with Crippen LogP contribution in [0.4, 0.5) is 5.69 Å². The van der Waals surface area contributed by atoms with Crippen molar-refractivity contribution in [2.24, 2.45) is 0 Å². The fraction of sp³-hybridized carbons (Fsp3) is 0.562. The molecule has 1 aromatic rings. The maximum absolute atomic E-state index is 12.0. The molecule has 3 rings (SSSR count). The van der Waals surface area contributed by atoms with Gasteiger partial charge in [-0.2, -0.15) is 0 Å². The molecular formula is C16H22N2O2. The highest BCUT2D eigenvalue weighted by atomic mass is 16.5. The zero-order valence-electron chi connectivity index (χ0n) is 11.9. The largest absolute Gasteiger partial charge is 0.382 e. The smallest absolute Gasteiger partial charge is 0.251 e. The van der Waals surface area contributed by atoms with Crippen molar-refractivity contribution in [1.82, 2.24) is 5.32 Å². The van der Waals surface area contributed by atoms with Gasteiger partial charge in [0.2, 0.25) is 0 Å². The van der Waals surface area contributed by atoms with Crippen molar-refractivity contribution >= 4 is 11.6 Å². The van der Waals surface area contributed by atoms with Crippen molar-refractivity contribution in [3.8, 4) is 0 Å². The summed E-state index contributed by atoms with van der Waals surface area (Å²) >= 11 is 0. The Bertz CT molecular complexity index is 485. The molecule has 2 N–H and O–H groups in total. The molecule has 4 heteroatoms. The second kappa shape index (κ2) is 5.83. The molecule has 1 aliphatic heterocycles. The van der Waals surface area contributed by atoms with Gasteiger partial charge < -0.3 is 15.4 Å². The Morgan fingerprint density at radius 1 is 1.25 bits per heavy atom. The van der Waals surface area contributed by atoms with Crippen LogP contribution in [0.1, 0.15) is 43.0 Å². The lowest BCUT2D eigenvalue weighted by molar-refractivity contribution is 0.0232. The van der Waals surface area contributed by atoms with Gasteiger partial charge in [-0.15, -0.1) is 0 Å². The Kier molecular flexibility index (Phi) is 3.92. The van der Waals surface area contributed by atoms with Gasteiger partial charge in [0, 0.05) is 29.9 Å². The number of amides is 1. The lowest BCUT2D eigenvalue weighted by Crippen LogP contribution is -2.32. The monoisotopic (exact) mass is 274 g/mol. The van der Waals surface area contributed by atoms with E-state index in [1.165, 1.54) is 0 Å². The quantitative estimate of drug-likeness (QED) is 0.887. The molecule has 1 saturated heterocycles. The molecule has 1 heterocycles. The number of benzene rings is 1. The highest BCUT2D eigenvalue weighted by molar-refractivity contribution is 5.95. The first-order valence-electron chi connectivity index (χ1n) is 7.50. The summed E-state index contributed by atoms with van der Waals surface area (Å²) in [5.41, 5.74) is 1.76. The molecule has 20 heavy (non-hydrogen) atoms. The Labute approximate surface area is 119 Å². The first-order valence-corrected chi connectivity index (χ1v) is 7.50. The van der Waals surface area contributed by atoms with Crippen LogP contribution in [0.3, 0.4) is 0 Å². The molecule has 2 unspecified atom stereocenters. The van der Waals surface area contributed by atoms with Crippen molar-refractivity contribution in [3.63, 3.8) is 0 Å². The van der Waals surface area contributed by atoms with E-state index in [0.717, 1.165) is 43.5 Å². The number of nitrogens with one attached hydrogen (secondary N) is 2. The van der Waals surface area contributed by atoms with Gasteiger partial charge in [0.05, 0.1) is 6.10 Å². The summed E-state index contributed by atoms with van der Waals surface area (Å²) in [6.45, 7) is 2.91. The molecule has 0 radical (unpaired) electrons. The minimum absolute atomic E-state index is 0.0384. The van der Waals surface area contributed by atoms with Gasteiger partial charge in [-0.25, -0.2) is 0 Å². The third-order valence-corrected chi connectivity index (χ3v) is 3.89. The first-order chi connectivity index (χ1) is 9.70. The van der Waals surface area contributed by atoms with Gasteiger partial charge in [0.25, 0.3) is 5.91 Å². The maximum Gasteiger partial charge on any atom is 0.251 e. The molecule has 1 saturated carbocycles. The first kappa shape index (κ1) is 13.4. The van der Waals surface area contributed by atoms with Crippen LogP contribution in [-0.4, -0.2) is 30.7 Å². The fourth-order valence-electron chi connectivity index (χ4n) is 2.61. The zero-order chi connectivity index (χ0) is 13.9. The van der Waals surface area contributed by atoms with E-state index in [4.69, 9.17) is 4.74 Å². The molecule has 0 aromatic heterocycles. The lowest BCUT2D eigenvalue weighted by Gasteiger charge is -2.28. The molecule has 1 amide bonds. The van der Waals surface area contributed by atoms with Crippen LogP contribution in [0, 0.1) is 0 Å². The van der Waals surface area contributed by atoms with Crippen LogP contribution in [0.25, 0.3) is 0 Å². The molecule has 4 nitrogen and oxygen atoms in total. The summed E-state index contributed by atoms with van der Waals surface area (Å²) in [7, 11) is 0.